The van der Waals surface area contributed by atoms with Gasteiger partial charge in [0, 0.05) is 19.3 Å². The van der Waals surface area contributed by atoms with E-state index in [1.165, 1.54) is 0 Å². The van der Waals surface area contributed by atoms with Gasteiger partial charge in [-0.1, -0.05) is 0 Å². The second-order valence-electron chi connectivity index (χ2n) is 3.38. The molecule has 0 saturated heterocycles. The highest BCUT2D eigenvalue weighted by molar-refractivity contribution is 9.10. The highest BCUT2D eigenvalue weighted by Crippen LogP contribution is 2.22. The molecule has 0 saturated carbocycles. The number of aryl methyl sites for hydroxylation is 1. The lowest BCUT2D eigenvalue weighted by Crippen LogP contribution is -2.27. The van der Waals surface area contributed by atoms with E-state index in [-0.39, 0.29) is 0 Å². The van der Waals surface area contributed by atoms with Crippen LogP contribution >= 0.6 is 15.9 Å². The second-order valence-corrected chi connectivity index (χ2v) is 6.01. The lowest BCUT2D eigenvalue weighted by atomic mass is 10.3. The summed E-state index contributed by atoms with van der Waals surface area (Å²) >= 11 is 3.41. The Morgan fingerprint density at radius 2 is 2.12 bits per heavy atom. The van der Waals surface area contributed by atoms with Crippen molar-refractivity contribution in [2.45, 2.75) is 6.92 Å². The zero-order valence-electron chi connectivity index (χ0n) is 9.12. The molecule has 0 unspecified atom stereocenters. The van der Waals surface area contributed by atoms with E-state index in [2.05, 4.69) is 31.0 Å². The van der Waals surface area contributed by atoms with Gasteiger partial charge in [-0.25, -0.2) is 18.1 Å². The van der Waals surface area contributed by atoms with E-state index in [9.17, 15) is 8.42 Å². The molecule has 0 spiro atoms. The molecule has 0 aliphatic carbocycles. The molecule has 0 radical (unpaired) electrons. The third-order valence-electron chi connectivity index (χ3n) is 1.86. The summed E-state index contributed by atoms with van der Waals surface area (Å²) in [5.41, 5.74) is 1.08. The highest BCUT2D eigenvalue weighted by Gasteiger charge is 2.03. The summed E-state index contributed by atoms with van der Waals surface area (Å²) in [6.45, 7) is 2.79. The molecule has 1 heterocycles. The number of hydrogen-bond donors (Lipinski definition) is 2. The SMILES string of the molecule is Cc1ccnc(NCCNS(C)(=O)=O)c1Br. The van der Waals surface area contributed by atoms with Crippen LogP contribution in [0.3, 0.4) is 0 Å². The number of halogens is 1. The van der Waals surface area contributed by atoms with Gasteiger partial charge in [0.1, 0.15) is 5.82 Å². The molecular formula is C9H14BrN3O2S. The van der Waals surface area contributed by atoms with Gasteiger partial charge in [0.05, 0.1) is 10.7 Å². The zero-order valence-corrected chi connectivity index (χ0v) is 11.5. The summed E-state index contributed by atoms with van der Waals surface area (Å²) in [7, 11) is -3.12. The molecule has 0 aliphatic heterocycles. The molecule has 1 aromatic rings. The van der Waals surface area contributed by atoms with Gasteiger partial charge >= 0.3 is 0 Å². The van der Waals surface area contributed by atoms with E-state index in [0.29, 0.717) is 13.1 Å². The van der Waals surface area contributed by atoms with Crippen LogP contribution in [0.2, 0.25) is 0 Å². The summed E-state index contributed by atoms with van der Waals surface area (Å²) in [4.78, 5) is 4.14. The van der Waals surface area contributed by atoms with Gasteiger partial charge in [-0.05, 0) is 34.5 Å². The normalized spacial score (nSPS) is 11.4. The molecule has 0 aliphatic rings. The molecule has 16 heavy (non-hydrogen) atoms. The Kier molecular flexibility index (Phi) is 4.69. The molecule has 0 amide bonds. The van der Waals surface area contributed by atoms with Gasteiger partial charge < -0.3 is 5.32 Å². The molecule has 0 bridgehead atoms. The zero-order chi connectivity index (χ0) is 12.2. The smallest absolute Gasteiger partial charge is 0.208 e. The maximum Gasteiger partial charge on any atom is 0.208 e. The first-order valence-corrected chi connectivity index (χ1v) is 7.38. The Balaban J connectivity index is 2.47. The lowest BCUT2D eigenvalue weighted by Gasteiger charge is -2.08. The third-order valence-corrected chi connectivity index (χ3v) is 3.59. The largest absolute Gasteiger partial charge is 0.368 e. The van der Waals surface area contributed by atoms with Crippen molar-refractivity contribution in [3.05, 3.63) is 22.3 Å². The maximum atomic E-state index is 10.8. The summed E-state index contributed by atoms with van der Waals surface area (Å²) < 4.78 is 24.9. The van der Waals surface area contributed by atoms with Crippen molar-refractivity contribution in [2.75, 3.05) is 24.7 Å². The minimum atomic E-state index is -3.12. The first-order chi connectivity index (χ1) is 7.40. The van der Waals surface area contributed by atoms with Gasteiger partial charge in [-0.3, -0.25) is 0 Å². The molecular weight excluding hydrogens is 294 g/mol. The summed E-state index contributed by atoms with van der Waals surface area (Å²) in [6, 6.07) is 1.89. The first-order valence-electron chi connectivity index (χ1n) is 4.70. The lowest BCUT2D eigenvalue weighted by molar-refractivity contribution is 0.589. The Hall–Kier alpha value is -0.660. The summed E-state index contributed by atoms with van der Waals surface area (Å²) in [5, 5.41) is 3.04. The third kappa shape index (κ3) is 4.46. The Labute approximate surface area is 104 Å². The van der Waals surface area contributed by atoms with Gasteiger partial charge in [0.15, 0.2) is 0 Å². The Morgan fingerprint density at radius 1 is 1.44 bits per heavy atom. The van der Waals surface area contributed by atoms with Crippen molar-refractivity contribution >= 4 is 31.8 Å². The van der Waals surface area contributed by atoms with E-state index in [0.717, 1.165) is 22.1 Å². The highest BCUT2D eigenvalue weighted by atomic mass is 79.9. The number of anilines is 1. The topological polar surface area (TPSA) is 71.1 Å². The molecule has 7 heteroatoms. The number of nitrogens with one attached hydrogen (secondary N) is 2. The first kappa shape index (κ1) is 13.4. The van der Waals surface area contributed by atoms with Gasteiger partial charge in [0.25, 0.3) is 0 Å². The van der Waals surface area contributed by atoms with Crippen LogP contribution in [0.4, 0.5) is 5.82 Å². The minimum Gasteiger partial charge on any atom is -0.368 e. The number of rotatable bonds is 5. The fourth-order valence-electron chi connectivity index (χ4n) is 1.08. The quantitative estimate of drug-likeness (QED) is 0.800. The van der Waals surface area contributed by atoms with Crippen molar-refractivity contribution in [1.29, 1.82) is 0 Å². The van der Waals surface area contributed by atoms with Crippen LogP contribution in [0.15, 0.2) is 16.7 Å². The Bertz CT molecular complexity index is 462. The van der Waals surface area contributed by atoms with Crippen molar-refractivity contribution in [1.82, 2.24) is 9.71 Å². The standard InChI is InChI=1S/C9H14BrN3O2S/c1-7-3-4-11-9(8(7)10)12-5-6-13-16(2,14)15/h3-4,13H,5-6H2,1-2H3,(H,11,12). The van der Waals surface area contributed by atoms with Crippen LogP contribution in [0.5, 0.6) is 0 Å². The van der Waals surface area contributed by atoms with Gasteiger partial charge in [-0.2, -0.15) is 0 Å². The molecule has 1 rings (SSSR count). The number of nitrogens with zero attached hydrogens (tertiary/aromatic N) is 1. The molecule has 0 atom stereocenters. The van der Waals surface area contributed by atoms with Crippen molar-refractivity contribution in [2.24, 2.45) is 0 Å². The van der Waals surface area contributed by atoms with E-state index in [4.69, 9.17) is 0 Å². The fourth-order valence-corrected chi connectivity index (χ4v) is 1.93. The second kappa shape index (κ2) is 5.60. The van der Waals surface area contributed by atoms with Crippen molar-refractivity contribution in [3.63, 3.8) is 0 Å². The Morgan fingerprint density at radius 3 is 2.75 bits per heavy atom. The molecule has 0 aromatic carbocycles. The van der Waals surface area contributed by atoms with E-state index < -0.39 is 10.0 Å². The molecule has 1 aromatic heterocycles. The molecule has 90 valence electrons. The van der Waals surface area contributed by atoms with Crippen LogP contribution in [0.25, 0.3) is 0 Å². The molecule has 0 fully saturated rings. The number of pyridine rings is 1. The number of sulfonamides is 1. The van der Waals surface area contributed by atoms with Crippen LogP contribution in [-0.4, -0.2) is 32.7 Å². The molecule has 2 N–H and O–H groups in total. The van der Waals surface area contributed by atoms with Crippen LogP contribution < -0.4 is 10.0 Å². The van der Waals surface area contributed by atoms with E-state index >= 15 is 0 Å². The van der Waals surface area contributed by atoms with Crippen molar-refractivity contribution in [3.8, 4) is 0 Å². The number of aromatic nitrogens is 1. The fraction of sp³-hybridized carbons (Fsp3) is 0.444. The molecule has 5 nitrogen and oxygen atoms in total. The van der Waals surface area contributed by atoms with Gasteiger partial charge in [0.2, 0.25) is 10.0 Å². The van der Waals surface area contributed by atoms with E-state index in [1.807, 2.05) is 13.0 Å². The van der Waals surface area contributed by atoms with Crippen LogP contribution in [-0.2, 0) is 10.0 Å². The minimum absolute atomic E-state index is 0.334. The summed E-state index contributed by atoms with van der Waals surface area (Å²) in [6.07, 6.45) is 2.83. The predicted molar refractivity (Wildman–Crippen MR) is 68.0 cm³/mol. The predicted octanol–water partition coefficient (Wildman–Crippen LogP) is 1.11. The van der Waals surface area contributed by atoms with Crippen LogP contribution in [0.1, 0.15) is 5.56 Å². The number of hydrogen-bond acceptors (Lipinski definition) is 4. The van der Waals surface area contributed by atoms with Gasteiger partial charge in [-0.15, -0.1) is 0 Å². The van der Waals surface area contributed by atoms with E-state index in [1.54, 1.807) is 6.20 Å². The average Bonchev–Trinajstić information content (AvgIpc) is 2.17. The maximum absolute atomic E-state index is 10.8. The monoisotopic (exact) mass is 307 g/mol. The summed E-state index contributed by atoms with van der Waals surface area (Å²) in [5.74, 6) is 0.718. The van der Waals surface area contributed by atoms with Crippen molar-refractivity contribution < 1.29 is 8.42 Å². The van der Waals surface area contributed by atoms with Crippen LogP contribution in [0, 0.1) is 6.92 Å². The average molecular weight is 308 g/mol.